The molecule has 0 amide bonds. The molecule has 1 N–H and O–H groups in total. The van der Waals surface area contributed by atoms with Gasteiger partial charge in [-0.25, -0.2) is 9.97 Å². The zero-order valence-corrected chi connectivity index (χ0v) is 14.1. The second-order valence-electron chi connectivity index (χ2n) is 6.22. The number of fused-ring (bicyclic) bond motifs is 1. The van der Waals surface area contributed by atoms with Gasteiger partial charge in [-0.3, -0.25) is 0 Å². The summed E-state index contributed by atoms with van der Waals surface area (Å²) in [5, 5.41) is 14.8. The van der Waals surface area contributed by atoms with E-state index in [2.05, 4.69) is 21.4 Å². The fourth-order valence-electron chi connectivity index (χ4n) is 2.59. The Balaban J connectivity index is 1.57. The van der Waals surface area contributed by atoms with Crippen LogP contribution in [0.4, 0.5) is 11.5 Å². The Bertz CT molecular complexity index is 961. The largest absolute Gasteiger partial charge is 0.492 e. The minimum atomic E-state index is -0.276. The van der Waals surface area contributed by atoms with E-state index in [1.54, 1.807) is 18.5 Å². The highest BCUT2D eigenvalue weighted by Gasteiger charge is 2.44. The van der Waals surface area contributed by atoms with Crippen LogP contribution in [0.1, 0.15) is 12.8 Å². The first-order chi connectivity index (χ1) is 12.2. The molecule has 1 aliphatic rings. The van der Waals surface area contributed by atoms with Crippen molar-refractivity contribution >= 4 is 33.9 Å². The highest BCUT2D eigenvalue weighted by atomic mass is 35.5. The number of pyridine rings is 2. The molecule has 1 aliphatic carbocycles. The number of rotatable bonds is 5. The lowest BCUT2D eigenvalue weighted by molar-refractivity contribution is 0.269. The summed E-state index contributed by atoms with van der Waals surface area (Å²) in [4.78, 5) is 8.47. The number of ether oxygens (including phenoxy) is 1. The van der Waals surface area contributed by atoms with Gasteiger partial charge in [-0.2, -0.15) is 5.26 Å². The molecule has 1 fully saturated rings. The summed E-state index contributed by atoms with van der Waals surface area (Å²) in [5.74, 6) is 1.50. The van der Waals surface area contributed by atoms with Gasteiger partial charge in [0.25, 0.3) is 0 Å². The van der Waals surface area contributed by atoms with E-state index >= 15 is 0 Å². The SMILES string of the molecule is N#CC1(COc2ccc3c(Nc4ccc(Cl)nc4)nccc3c2)CC1. The van der Waals surface area contributed by atoms with Gasteiger partial charge in [-0.05, 0) is 54.6 Å². The minimum absolute atomic E-state index is 0.276. The number of nitriles is 1. The fourth-order valence-corrected chi connectivity index (χ4v) is 2.70. The predicted octanol–water partition coefficient (Wildman–Crippen LogP) is 4.71. The van der Waals surface area contributed by atoms with Crippen molar-refractivity contribution in [1.82, 2.24) is 9.97 Å². The Labute approximate surface area is 150 Å². The van der Waals surface area contributed by atoms with Crippen molar-refractivity contribution in [3.63, 3.8) is 0 Å². The third kappa shape index (κ3) is 3.35. The average molecular weight is 351 g/mol. The van der Waals surface area contributed by atoms with Gasteiger partial charge in [0.2, 0.25) is 0 Å². The van der Waals surface area contributed by atoms with Crippen LogP contribution >= 0.6 is 11.6 Å². The van der Waals surface area contributed by atoms with E-state index in [1.807, 2.05) is 30.3 Å². The molecule has 25 heavy (non-hydrogen) atoms. The molecule has 124 valence electrons. The molecule has 5 nitrogen and oxygen atoms in total. The monoisotopic (exact) mass is 350 g/mol. The minimum Gasteiger partial charge on any atom is -0.492 e. The number of hydrogen-bond donors (Lipinski definition) is 1. The summed E-state index contributed by atoms with van der Waals surface area (Å²) in [6.07, 6.45) is 5.25. The van der Waals surface area contributed by atoms with E-state index in [-0.39, 0.29) is 5.41 Å². The van der Waals surface area contributed by atoms with Gasteiger partial charge in [0.15, 0.2) is 0 Å². The van der Waals surface area contributed by atoms with Crippen molar-refractivity contribution in [3.8, 4) is 11.8 Å². The normalized spacial score (nSPS) is 14.7. The number of nitrogens with zero attached hydrogens (tertiary/aromatic N) is 3. The molecule has 0 bridgehead atoms. The first kappa shape index (κ1) is 15.7. The highest BCUT2D eigenvalue weighted by molar-refractivity contribution is 6.29. The van der Waals surface area contributed by atoms with E-state index in [1.165, 1.54) is 0 Å². The van der Waals surface area contributed by atoms with E-state index in [0.717, 1.165) is 40.9 Å². The lowest BCUT2D eigenvalue weighted by Crippen LogP contribution is -2.10. The number of hydrogen-bond acceptors (Lipinski definition) is 5. The maximum atomic E-state index is 9.14. The third-order valence-corrected chi connectivity index (χ3v) is 4.56. The molecule has 0 atom stereocenters. The van der Waals surface area contributed by atoms with Crippen LogP contribution in [0.25, 0.3) is 10.8 Å². The Morgan fingerprint density at radius 1 is 1.20 bits per heavy atom. The van der Waals surface area contributed by atoms with Crippen LogP contribution in [0, 0.1) is 16.7 Å². The zero-order chi connectivity index (χ0) is 17.3. The number of halogens is 1. The second-order valence-corrected chi connectivity index (χ2v) is 6.61. The van der Waals surface area contributed by atoms with Crippen molar-refractivity contribution in [1.29, 1.82) is 5.26 Å². The van der Waals surface area contributed by atoms with Crippen molar-refractivity contribution in [3.05, 3.63) is 53.9 Å². The van der Waals surface area contributed by atoms with Crippen LogP contribution in [0.3, 0.4) is 0 Å². The summed E-state index contributed by atoms with van der Waals surface area (Å²) in [6.45, 7) is 0.446. The molecule has 2 heterocycles. The molecule has 1 aromatic carbocycles. The Kier molecular flexibility index (Phi) is 3.90. The molecule has 1 saturated carbocycles. The van der Waals surface area contributed by atoms with Crippen LogP contribution in [0.15, 0.2) is 48.8 Å². The van der Waals surface area contributed by atoms with Crippen LogP contribution in [0.2, 0.25) is 5.15 Å². The van der Waals surface area contributed by atoms with Gasteiger partial charge >= 0.3 is 0 Å². The predicted molar refractivity (Wildman–Crippen MR) is 97.0 cm³/mol. The molecular weight excluding hydrogens is 336 g/mol. The van der Waals surface area contributed by atoms with E-state index in [4.69, 9.17) is 21.6 Å². The molecule has 6 heteroatoms. The Morgan fingerprint density at radius 2 is 2.08 bits per heavy atom. The van der Waals surface area contributed by atoms with Crippen molar-refractivity contribution in [2.75, 3.05) is 11.9 Å². The van der Waals surface area contributed by atoms with Crippen molar-refractivity contribution in [2.45, 2.75) is 12.8 Å². The lowest BCUT2D eigenvalue weighted by atomic mass is 10.1. The van der Waals surface area contributed by atoms with Gasteiger partial charge in [0.05, 0.1) is 23.4 Å². The molecule has 0 spiro atoms. The van der Waals surface area contributed by atoms with Crippen LogP contribution in [-0.4, -0.2) is 16.6 Å². The fraction of sp³-hybridized carbons (Fsp3) is 0.211. The second kappa shape index (κ2) is 6.23. The topological polar surface area (TPSA) is 70.8 Å². The quantitative estimate of drug-likeness (QED) is 0.675. The van der Waals surface area contributed by atoms with Crippen molar-refractivity contribution in [2.24, 2.45) is 5.41 Å². The molecule has 4 rings (SSSR count). The summed E-state index contributed by atoms with van der Waals surface area (Å²) >= 11 is 5.82. The van der Waals surface area contributed by atoms with Crippen molar-refractivity contribution < 1.29 is 4.74 Å². The van der Waals surface area contributed by atoms with Crippen LogP contribution in [-0.2, 0) is 0 Å². The van der Waals surface area contributed by atoms with Crippen LogP contribution < -0.4 is 10.1 Å². The molecular formula is C19H15ClN4O. The zero-order valence-electron chi connectivity index (χ0n) is 13.4. The first-order valence-electron chi connectivity index (χ1n) is 7.99. The van der Waals surface area contributed by atoms with Gasteiger partial charge in [-0.15, -0.1) is 0 Å². The third-order valence-electron chi connectivity index (χ3n) is 4.33. The van der Waals surface area contributed by atoms with Gasteiger partial charge < -0.3 is 10.1 Å². The maximum absolute atomic E-state index is 9.14. The Hall–Kier alpha value is -2.84. The molecule has 0 saturated heterocycles. The van der Waals surface area contributed by atoms with E-state index in [0.29, 0.717) is 11.8 Å². The van der Waals surface area contributed by atoms with E-state index in [9.17, 15) is 0 Å². The standard InChI is InChI=1S/C19H15ClN4O/c20-17-4-1-14(10-23-17)24-18-16-3-2-15(9-13(16)5-8-22-18)25-12-19(11-21)6-7-19/h1-5,8-10H,6-7,12H2,(H,22,24). The summed E-state index contributed by atoms with van der Waals surface area (Å²) < 4.78 is 5.82. The van der Waals surface area contributed by atoms with Gasteiger partial charge in [0.1, 0.15) is 23.3 Å². The Morgan fingerprint density at radius 3 is 2.80 bits per heavy atom. The molecule has 0 radical (unpaired) electrons. The summed E-state index contributed by atoms with van der Waals surface area (Å²) in [7, 11) is 0. The molecule has 2 aromatic heterocycles. The number of nitrogens with one attached hydrogen (secondary N) is 1. The number of aromatic nitrogens is 2. The first-order valence-corrected chi connectivity index (χ1v) is 8.37. The number of anilines is 2. The molecule has 0 aliphatic heterocycles. The smallest absolute Gasteiger partial charge is 0.138 e. The average Bonchev–Trinajstić information content (AvgIpc) is 3.42. The van der Waals surface area contributed by atoms with Gasteiger partial charge in [-0.1, -0.05) is 11.6 Å². The summed E-state index contributed by atoms with van der Waals surface area (Å²) in [6, 6.07) is 13.7. The maximum Gasteiger partial charge on any atom is 0.138 e. The lowest BCUT2D eigenvalue weighted by Gasteiger charge is -2.12. The summed E-state index contributed by atoms with van der Waals surface area (Å²) in [5.41, 5.74) is 0.538. The highest BCUT2D eigenvalue weighted by Crippen LogP contribution is 2.45. The molecule has 3 aromatic rings. The van der Waals surface area contributed by atoms with E-state index < -0.39 is 0 Å². The van der Waals surface area contributed by atoms with Gasteiger partial charge in [0, 0.05) is 11.6 Å². The molecule has 0 unspecified atom stereocenters. The number of benzene rings is 1. The van der Waals surface area contributed by atoms with Crippen LogP contribution in [0.5, 0.6) is 5.75 Å².